The van der Waals surface area contributed by atoms with Crippen molar-refractivity contribution >= 4 is 58.7 Å². The van der Waals surface area contributed by atoms with E-state index >= 15 is 0 Å². The standard InChI is InChI=1S/C40H31.C2H6Si.2ClH.Zr/c1-3-25(2)36-24-38-34(39-30-16-8-5-12-26(30)22-27-13-6-9-17-31(27)39)20-11-21-35(38)40(36)33-19-10-18-32-29-15-7-4-14-28(29)23-37(32)33;1-3-2;;;/h4-25,40H,3H2,1-2H3;1-2H3;2*1H;/q-1;;;;+3/p-2. The molecule has 0 fully saturated rings. The van der Waals surface area contributed by atoms with Crippen LogP contribution >= 0.6 is 0 Å². The third-order valence-electron chi connectivity index (χ3n) is 9.32. The summed E-state index contributed by atoms with van der Waals surface area (Å²) in [4.78, 5) is 0. The first-order valence-electron chi connectivity index (χ1n) is 15.5. The summed E-state index contributed by atoms with van der Waals surface area (Å²) < 4.78 is 0. The Balaban J connectivity index is 0.000000772. The third kappa shape index (κ3) is 6.11. The van der Waals surface area contributed by atoms with Gasteiger partial charge in [-0.15, -0.1) is 33.7 Å². The molecule has 4 heteroatoms. The van der Waals surface area contributed by atoms with Crippen LogP contribution in [0.4, 0.5) is 0 Å². The molecule has 3 radical (unpaired) electrons. The zero-order valence-electron chi connectivity index (χ0n) is 26.7. The van der Waals surface area contributed by atoms with Gasteiger partial charge in [-0.05, 0) is 62.2 Å². The van der Waals surface area contributed by atoms with Gasteiger partial charge in [-0.1, -0.05) is 147 Å². The minimum absolute atomic E-state index is 0. The molecule has 0 N–H and O–H groups in total. The molecule has 1 aliphatic carbocycles. The largest absolute Gasteiger partial charge is 3.00 e. The smallest absolute Gasteiger partial charge is 1.00 e. The molecule has 0 aliphatic heterocycles. The summed E-state index contributed by atoms with van der Waals surface area (Å²) in [6.45, 7) is 9.03. The van der Waals surface area contributed by atoms with Gasteiger partial charge in [-0.25, -0.2) is 0 Å². The number of benzene rings is 6. The van der Waals surface area contributed by atoms with Crippen molar-refractivity contribution in [2.24, 2.45) is 5.92 Å². The van der Waals surface area contributed by atoms with Crippen LogP contribution in [0.25, 0.3) is 60.3 Å². The van der Waals surface area contributed by atoms with Gasteiger partial charge in [-0.2, -0.15) is 0 Å². The van der Waals surface area contributed by atoms with Crippen molar-refractivity contribution in [3.05, 3.63) is 144 Å². The van der Waals surface area contributed by atoms with E-state index in [0.717, 1.165) is 15.9 Å². The van der Waals surface area contributed by atoms with Crippen molar-refractivity contribution in [3.63, 3.8) is 0 Å². The van der Waals surface area contributed by atoms with Crippen LogP contribution < -0.4 is 24.8 Å². The Morgan fingerprint density at radius 1 is 0.674 bits per heavy atom. The summed E-state index contributed by atoms with van der Waals surface area (Å²) in [6.07, 6.45) is 3.67. The van der Waals surface area contributed by atoms with E-state index in [2.05, 4.69) is 154 Å². The number of fused-ring (bicyclic) bond motifs is 6. The van der Waals surface area contributed by atoms with Gasteiger partial charge < -0.3 is 24.8 Å². The predicted octanol–water partition coefficient (Wildman–Crippen LogP) is 6.05. The second-order valence-electron chi connectivity index (χ2n) is 11.9. The average molecular weight is 732 g/mol. The van der Waals surface area contributed by atoms with Gasteiger partial charge in [0.05, 0.1) is 0 Å². The van der Waals surface area contributed by atoms with Crippen LogP contribution in [0.3, 0.4) is 0 Å². The van der Waals surface area contributed by atoms with Crippen molar-refractivity contribution in [2.45, 2.75) is 39.3 Å². The zero-order chi connectivity index (χ0) is 29.5. The maximum Gasteiger partial charge on any atom is 3.00 e. The first kappa shape index (κ1) is 36.0. The van der Waals surface area contributed by atoms with Crippen molar-refractivity contribution in [3.8, 4) is 11.1 Å². The van der Waals surface area contributed by atoms with Gasteiger partial charge >= 0.3 is 26.2 Å². The summed E-state index contributed by atoms with van der Waals surface area (Å²) in [7, 11) is 1.08. The molecular weight excluding hydrogens is 695 g/mol. The summed E-state index contributed by atoms with van der Waals surface area (Å²) in [5, 5.41) is 10.7. The van der Waals surface area contributed by atoms with Crippen LogP contribution in [0, 0.1) is 5.92 Å². The van der Waals surface area contributed by atoms with E-state index in [1.54, 1.807) is 0 Å². The molecule has 0 heterocycles. The van der Waals surface area contributed by atoms with Crippen molar-refractivity contribution in [1.82, 2.24) is 0 Å². The molecule has 7 aromatic rings. The summed E-state index contributed by atoms with van der Waals surface area (Å²) >= 11 is 0. The molecule has 2 atom stereocenters. The van der Waals surface area contributed by atoms with E-state index < -0.39 is 0 Å². The second kappa shape index (κ2) is 15.4. The van der Waals surface area contributed by atoms with Crippen LogP contribution in [0.1, 0.15) is 42.9 Å². The molecule has 0 bridgehead atoms. The topological polar surface area (TPSA) is 0 Å². The van der Waals surface area contributed by atoms with E-state index in [4.69, 9.17) is 0 Å². The van der Waals surface area contributed by atoms with Gasteiger partial charge in [0.15, 0.2) is 0 Å². The van der Waals surface area contributed by atoms with Crippen molar-refractivity contribution < 1.29 is 51.0 Å². The Kier molecular flexibility index (Phi) is 12.0. The van der Waals surface area contributed by atoms with E-state index in [0.29, 0.717) is 5.92 Å². The molecule has 0 nitrogen and oxygen atoms in total. The molecule has 46 heavy (non-hydrogen) atoms. The zero-order valence-corrected chi connectivity index (χ0v) is 31.7. The predicted molar refractivity (Wildman–Crippen MR) is 191 cm³/mol. The molecular formula is C42H37Cl2SiZr. The van der Waals surface area contributed by atoms with Crippen LogP contribution in [-0.4, -0.2) is 9.52 Å². The molecule has 0 saturated heterocycles. The summed E-state index contributed by atoms with van der Waals surface area (Å²) in [6, 6.07) is 45.2. The van der Waals surface area contributed by atoms with E-state index in [1.807, 2.05) is 0 Å². The van der Waals surface area contributed by atoms with Gasteiger partial charge in [0.25, 0.3) is 0 Å². The first-order valence-corrected chi connectivity index (χ1v) is 17.5. The number of hydrogen-bond acceptors (Lipinski definition) is 0. The Morgan fingerprint density at radius 3 is 1.87 bits per heavy atom. The van der Waals surface area contributed by atoms with Gasteiger partial charge in [0.1, 0.15) is 0 Å². The molecule has 7 aromatic carbocycles. The molecule has 0 spiro atoms. The Morgan fingerprint density at radius 2 is 1.22 bits per heavy atom. The summed E-state index contributed by atoms with van der Waals surface area (Å²) in [5.41, 5.74) is 8.48. The first-order chi connectivity index (χ1) is 21.1. The summed E-state index contributed by atoms with van der Waals surface area (Å²) in [5.74, 6) is 0.751. The molecule has 0 amide bonds. The fourth-order valence-corrected chi connectivity index (χ4v) is 7.21. The van der Waals surface area contributed by atoms with Crippen LogP contribution in [0.2, 0.25) is 13.1 Å². The molecule has 227 valence electrons. The van der Waals surface area contributed by atoms with Gasteiger partial charge in [0, 0.05) is 15.4 Å². The van der Waals surface area contributed by atoms with E-state index in [-0.39, 0.29) is 56.9 Å². The Hall–Kier alpha value is -2.87. The molecule has 8 rings (SSSR count). The number of halogens is 2. The Labute approximate surface area is 307 Å². The quantitative estimate of drug-likeness (QED) is 0.118. The van der Waals surface area contributed by atoms with Gasteiger partial charge in [0.2, 0.25) is 0 Å². The van der Waals surface area contributed by atoms with Crippen LogP contribution in [-0.2, 0) is 26.2 Å². The molecule has 1 aliphatic rings. The van der Waals surface area contributed by atoms with Crippen LogP contribution in [0.15, 0.2) is 127 Å². The molecule has 0 aromatic heterocycles. The number of hydrogen-bond donors (Lipinski definition) is 0. The second-order valence-corrected chi connectivity index (χ2v) is 12.9. The maximum atomic E-state index is 2.54. The van der Waals surface area contributed by atoms with E-state index in [1.165, 1.54) is 76.5 Å². The maximum absolute atomic E-state index is 2.54. The minimum Gasteiger partial charge on any atom is -1.00 e. The third-order valence-corrected chi connectivity index (χ3v) is 9.32. The molecule has 0 saturated carbocycles. The number of rotatable bonds is 4. The van der Waals surface area contributed by atoms with Gasteiger partial charge in [-0.3, -0.25) is 0 Å². The number of allylic oxidation sites excluding steroid dienone is 1. The fourth-order valence-electron chi connectivity index (χ4n) is 7.21. The Bertz CT molecular complexity index is 2110. The minimum atomic E-state index is 0. The fraction of sp³-hybridized carbons (Fsp3) is 0.167. The normalized spacial score (nSPS) is 14.0. The molecule has 2 unspecified atom stereocenters. The van der Waals surface area contributed by atoms with Crippen molar-refractivity contribution in [1.29, 1.82) is 0 Å². The SMILES string of the molecule is CCC(C)C1=Cc2c(-c3c4ccccc4cc4ccccc34)cccc2C1c1cccc2c1[cH-]c1ccccc12.C[Si]C.[Cl-].[Cl-].[Zr+3]. The monoisotopic (exact) mass is 729 g/mol. The average Bonchev–Trinajstić information content (AvgIpc) is 3.63. The van der Waals surface area contributed by atoms with Crippen LogP contribution in [0.5, 0.6) is 0 Å². The van der Waals surface area contributed by atoms with Crippen molar-refractivity contribution in [2.75, 3.05) is 0 Å². The van der Waals surface area contributed by atoms with E-state index in [9.17, 15) is 0 Å².